The molecular weight excluding hydrogens is 337 g/mol. The predicted molar refractivity (Wildman–Crippen MR) is 77.5 cm³/mol. The van der Waals surface area contributed by atoms with Gasteiger partial charge < -0.3 is 0 Å². The molecule has 23 heavy (non-hydrogen) atoms. The van der Waals surface area contributed by atoms with E-state index in [0.29, 0.717) is 5.56 Å². The number of halogens is 3. The van der Waals surface area contributed by atoms with Gasteiger partial charge in [0, 0.05) is 6.07 Å². The van der Waals surface area contributed by atoms with Crippen molar-refractivity contribution in [2.24, 2.45) is 5.41 Å². The van der Waals surface area contributed by atoms with E-state index < -0.39 is 43.2 Å². The van der Waals surface area contributed by atoms with E-state index in [1.54, 1.807) is 4.72 Å². The minimum absolute atomic E-state index is 0.416. The van der Waals surface area contributed by atoms with Crippen molar-refractivity contribution in [2.75, 3.05) is 0 Å². The molecule has 1 N–H and O–H groups in total. The molecular formula is C13H17F3N2O4S. The summed E-state index contributed by atoms with van der Waals surface area (Å²) in [5, 5.41) is 11.0. The lowest BCUT2D eigenvalue weighted by molar-refractivity contribution is -0.387. The molecule has 10 heteroatoms. The molecule has 0 heterocycles. The zero-order valence-electron chi connectivity index (χ0n) is 12.9. The van der Waals surface area contributed by atoms with Gasteiger partial charge >= 0.3 is 6.18 Å². The fourth-order valence-corrected chi connectivity index (χ4v) is 3.53. The van der Waals surface area contributed by atoms with Crippen LogP contribution in [0.5, 0.6) is 0 Å². The molecule has 1 aromatic rings. The van der Waals surface area contributed by atoms with Gasteiger partial charge in [-0.3, -0.25) is 10.1 Å². The van der Waals surface area contributed by atoms with Gasteiger partial charge in [0.15, 0.2) is 4.90 Å². The first-order valence-electron chi connectivity index (χ1n) is 6.50. The lowest BCUT2D eigenvalue weighted by atomic mass is 9.87. The van der Waals surface area contributed by atoms with Crippen LogP contribution in [0.4, 0.5) is 18.9 Å². The number of sulfonamides is 1. The van der Waals surface area contributed by atoms with Crippen molar-refractivity contribution in [3.63, 3.8) is 0 Å². The monoisotopic (exact) mass is 354 g/mol. The van der Waals surface area contributed by atoms with Gasteiger partial charge in [0.05, 0.1) is 4.92 Å². The van der Waals surface area contributed by atoms with Gasteiger partial charge in [0.2, 0.25) is 10.0 Å². The smallest absolute Gasteiger partial charge is 0.258 e. The van der Waals surface area contributed by atoms with Crippen LogP contribution in [0.25, 0.3) is 0 Å². The first kappa shape index (κ1) is 19.4. The third-order valence-corrected chi connectivity index (χ3v) is 4.54. The number of nitro benzene ring substituents is 1. The molecule has 0 amide bonds. The SMILES string of the molecule is Cc1ccc(S(=O)(=O)NC(C(C)(C)C)C(F)(F)F)c([N+](=O)[O-])c1. The molecule has 0 aliphatic carbocycles. The first-order chi connectivity index (χ1) is 10.2. The van der Waals surface area contributed by atoms with Crippen LogP contribution in [0.15, 0.2) is 23.1 Å². The van der Waals surface area contributed by atoms with Crippen molar-refractivity contribution in [3.8, 4) is 0 Å². The van der Waals surface area contributed by atoms with Crippen LogP contribution in [0.2, 0.25) is 0 Å². The van der Waals surface area contributed by atoms with Crippen LogP contribution in [-0.4, -0.2) is 25.6 Å². The Morgan fingerprint density at radius 1 is 1.22 bits per heavy atom. The van der Waals surface area contributed by atoms with Gasteiger partial charge in [-0.25, -0.2) is 8.42 Å². The fourth-order valence-electron chi connectivity index (χ4n) is 1.95. The molecule has 1 rings (SSSR count). The van der Waals surface area contributed by atoms with E-state index in [9.17, 15) is 31.7 Å². The Balaban J connectivity index is 3.40. The highest BCUT2D eigenvalue weighted by Crippen LogP contribution is 2.35. The third kappa shape index (κ3) is 4.64. The summed E-state index contributed by atoms with van der Waals surface area (Å²) >= 11 is 0. The fraction of sp³-hybridized carbons (Fsp3) is 0.538. The minimum atomic E-state index is -4.84. The van der Waals surface area contributed by atoms with Crippen molar-refractivity contribution in [1.29, 1.82) is 0 Å². The minimum Gasteiger partial charge on any atom is -0.258 e. The summed E-state index contributed by atoms with van der Waals surface area (Å²) in [7, 11) is -4.73. The standard InChI is InChI=1S/C13H17F3N2O4S/c1-8-5-6-10(9(7-8)18(19)20)23(21,22)17-11(12(2,3)4)13(14,15)16/h5-7,11,17H,1-4H3. The van der Waals surface area contributed by atoms with E-state index in [0.717, 1.165) is 12.1 Å². The topological polar surface area (TPSA) is 89.3 Å². The quantitative estimate of drug-likeness (QED) is 0.664. The maximum Gasteiger partial charge on any atom is 0.405 e. The van der Waals surface area contributed by atoms with Crippen LogP contribution < -0.4 is 4.72 Å². The summed E-state index contributed by atoms with van der Waals surface area (Å²) in [4.78, 5) is 9.25. The van der Waals surface area contributed by atoms with Crippen LogP contribution in [0.1, 0.15) is 26.3 Å². The second kappa shape index (κ2) is 6.08. The summed E-state index contributed by atoms with van der Waals surface area (Å²) in [5.41, 5.74) is -1.82. The van der Waals surface area contributed by atoms with E-state index in [1.807, 2.05) is 0 Å². The second-order valence-electron chi connectivity index (χ2n) is 6.19. The average Bonchev–Trinajstić information content (AvgIpc) is 2.33. The maximum atomic E-state index is 13.1. The number of rotatable bonds is 4. The highest BCUT2D eigenvalue weighted by molar-refractivity contribution is 7.89. The van der Waals surface area contributed by atoms with Gasteiger partial charge in [-0.15, -0.1) is 0 Å². The Morgan fingerprint density at radius 2 is 1.74 bits per heavy atom. The van der Waals surface area contributed by atoms with E-state index >= 15 is 0 Å². The van der Waals surface area contributed by atoms with E-state index in [1.165, 1.54) is 33.8 Å². The second-order valence-corrected chi connectivity index (χ2v) is 7.87. The Hall–Kier alpha value is -1.68. The summed E-state index contributed by atoms with van der Waals surface area (Å²) in [6, 6.07) is 0.808. The highest BCUT2D eigenvalue weighted by Gasteiger charge is 2.49. The number of benzene rings is 1. The van der Waals surface area contributed by atoms with Crippen molar-refractivity contribution in [1.82, 2.24) is 4.72 Å². The van der Waals surface area contributed by atoms with Crippen molar-refractivity contribution in [2.45, 2.75) is 44.8 Å². The van der Waals surface area contributed by atoms with Gasteiger partial charge in [-0.1, -0.05) is 26.8 Å². The van der Waals surface area contributed by atoms with E-state index in [-0.39, 0.29) is 0 Å². The van der Waals surface area contributed by atoms with Crippen LogP contribution in [0.3, 0.4) is 0 Å². The van der Waals surface area contributed by atoms with E-state index in [2.05, 4.69) is 0 Å². The molecule has 0 aliphatic heterocycles. The van der Waals surface area contributed by atoms with Gasteiger partial charge in [0.25, 0.3) is 5.69 Å². The molecule has 0 bridgehead atoms. The summed E-state index contributed by atoms with van der Waals surface area (Å²) in [6.45, 7) is 5.16. The van der Waals surface area contributed by atoms with Crippen molar-refractivity contribution < 1.29 is 26.5 Å². The van der Waals surface area contributed by atoms with Crippen LogP contribution in [-0.2, 0) is 10.0 Å². The first-order valence-corrected chi connectivity index (χ1v) is 7.98. The molecule has 1 atom stereocenters. The number of nitrogens with zero attached hydrogens (tertiary/aromatic N) is 1. The molecule has 0 aliphatic rings. The van der Waals surface area contributed by atoms with Gasteiger partial charge in [0.1, 0.15) is 6.04 Å². The number of nitrogens with one attached hydrogen (secondary N) is 1. The molecule has 0 saturated heterocycles. The molecule has 0 fully saturated rings. The molecule has 1 unspecified atom stereocenters. The van der Waals surface area contributed by atoms with Gasteiger partial charge in [-0.2, -0.15) is 17.9 Å². The summed E-state index contributed by atoms with van der Waals surface area (Å²) < 4.78 is 65.4. The van der Waals surface area contributed by atoms with Crippen LogP contribution in [0, 0.1) is 22.5 Å². The lowest BCUT2D eigenvalue weighted by Gasteiger charge is -2.32. The number of hydrogen-bond donors (Lipinski definition) is 1. The highest BCUT2D eigenvalue weighted by atomic mass is 32.2. The third-order valence-electron chi connectivity index (χ3n) is 3.07. The molecule has 0 aromatic heterocycles. The predicted octanol–water partition coefficient (Wildman–Crippen LogP) is 3.16. The lowest BCUT2D eigenvalue weighted by Crippen LogP contribution is -2.52. The molecule has 0 saturated carbocycles. The number of nitro groups is 1. The Kier molecular flexibility index (Phi) is 5.12. The maximum absolute atomic E-state index is 13.1. The van der Waals surface area contributed by atoms with Crippen molar-refractivity contribution in [3.05, 3.63) is 33.9 Å². The Morgan fingerprint density at radius 3 is 2.13 bits per heavy atom. The average molecular weight is 354 g/mol. The molecule has 6 nitrogen and oxygen atoms in total. The Labute approximate surface area is 131 Å². The van der Waals surface area contributed by atoms with E-state index in [4.69, 9.17) is 0 Å². The number of aryl methyl sites for hydroxylation is 1. The zero-order valence-corrected chi connectivity index (χ0v) is 13.7. The Bertz CT molecular complexity index is 695. The molecule has 130 valence electrons. The summed E-state index contributed by atoms with van der Waals surface area (Å²) in [5.74, 6) is 0. The summed E-state index contributed by atoms with van der Waals surface area (Å²) in [6.07, 6.45) is -4.84. The normalized spacial score (nSPS) is 14.6. The number of alkyl halides is 3. The van der Waals surface area contributed by atoms with Crippen molar-refractivity contribution >= 4 is 15.7 Å². The number of hydrogen-bond acceptors (Lipinski definition) is 4. The molecule has 0 radical (unpaired) electrons. The largest absolute Gasteiger partial charge is 0.405 e. The van der Waals surface area contributed by atoms with Gasteiger partial charge in [-0.05, 0) is 24.0 Å². The molecule has 0 spiro atoms. The zero-order chi connectivity index (χ0) is 18.2. The molecule has 1 aromatic carbocycles. The van der Waals surface area contributed by atoms with Crippen LogP contribution >= 0.6 is 0 Å².